The van der Waals surface area contributed by atoms with E-state index in [-0.39, 0.29) is 5.56 Å². The molecule has 0 aromatic carbocycles. The highest BCUT2D eigenvalue weighted by Crippen LogP contribution is 2.17. The summed E-state index contributed by atoms with van der Waals surface area (Å²) >= 11 is 0. The normalized spacial score (nSPS) is 15.8. The van der Waals surface area contributed by atoms with E-state index in [4.69, 9.17) is 0 Å². The van der Waals surface area contributed by atoms with E-state index in [1.807, 2.05) is 31.2 Å². The zero-order valence-corrected chi connectivity index (χ0v) is 14.7. The van der Waals surface area contributed by atoms with E-state index in [1.54, 1.807) is 10.6 Å². The molecule has 0 radical (unpaired) electrons. The number of pyridine rings is 2. The number of hydrogen-bond donors (Lipinski definition) is 0. The van der Waals surface area contributed by atoms with Crippen LogP contribution in [0.1, 0.15) is 22.6 Å². The maximum atomic E-state index is 12.4. The fourth-order valence-corrected chi connectivity index (χ4v) is 3.98. The molecule has 0 spiro atoms. The molecule has 0 fully saturated rings. The van der Waals surface area contributed by atoms with Crippen molar-refractivity contribution >= 4 is 10.0 Å². The largest absolute Gasteiger partial charge is 0.306 e. The zero-order valence-electron chi connectivity index (χ0n) is 13.9. The average molecular weight is 347 g/mol. The summed E-state index contributed by atoms with van der Waals surface area (Å²) in [6.07, 6.45) is 2.38. The average Bonchev–Trinajstić information content (AvgIpc) is 2.72. The summed E-state index contributed by atoms with van der Waals surface area (Å²) in [7, 11) is -3.22. The van der Waals surface area contributed by atoms with Crippen molar-refractivity contribution in [3.63, 3.8) is 0 Å². The van der Waals surface area contributed by atoms with E-state index in [2.05, 4.69) is 4.98 Å². The van der Waals surface area contributed by atoms with Gasteiger partial charge < -0.3 is 4.57 Å². The van der Waals surface area contributed by atoms with Gasteiger partial charge in [-0.15, -0.1) is 0 Å². The van der Waals surface area contributed by atoms with E-state index in [0.717, 1.165) is 22.6 Å². The fourth-order valence-electron chi connectivity index (χ4n) is 3.13. The minimum Gasteiger partial charge on any atom is -0.306 e. The van der Waals surface area contributed by atoms with Crippen LogP contribution in [0.5, 0.6) is 0 Å². The Hall–Kier alpha value is -1.99. The molecule has 0 atom stereocenters. The summed E-state index contributed by atoms with van der Waals surface area (Å²) in [5.41, 5.74) is 3.61. The second-order valence-corrected chi connectivity index (χ2v) is 8.14. The van der Waals surface area contributed by atoms with Gasteiger partial charge in [0.25, 0.3) is 5.56 Å². The second kappa shape index (κ2) is 6.49. The molecule has 1 aliphatic rings. The molecule has 1 aliphatic heterocycles. The van der Waals surface area contributed by atoms with Crippen LogP contribution in [-0.2, 0) is 29.4 Å². The summed E-state index contributed by atoms with van der Waals surface area (Å²) in [5, 5.41) is 0. The van der Waals surface area contributed by atoms with Gasteiger partial charge in [0.05, 0.1) is 18.5 Å². The van der Waals surface area contributed by atoms with Crippen LogP contribution in [0.2, 0.25) is 0 Å². The molecule has 24 heavy (non-hydrogen) atoms. The lowest BCUT2D eigenvalue weighted by Crippen LogP contribution is -2.32. The van der Waals surface area contributed by atoms with Gasteiger partial charge in [-0.1, -0.05) is 12.1 Å². The first-order valence-electron chi connectivity index (χ1n) is 7.94. The number of aryl methyl sites for hydroxylation is 1. The molecule has 0 saturated carbocycles. The Bertz CT molecular complexity index is 919. The molecule has 0 unspecified atom stereocenters. The van der Waals surface area contributed by atoms with E-state index < -0.39 is 10.0 Å². The van der Waals surface area contributed by atoms with Gasteiger partial charge in [-0.25, -0.2) is 12.7 Å². The third-order valence-electron chi connectivity index (χ3n) is 4.35. The van der Waals surface area contributed by atoms with Crippen molar-refractivity contribution < 1.29 is 8.42 Å². The first-order valence-corrected chi connectivity index (χ1v) is 9.79. The smallest absolute Gasteiger partial charge is 0.251 e. The van der Waals surface area contributed by atoms with Gasteiger partial charge in [0.1, 0.15) is 0 Å². The summed E-state index contributed by atoms with van der Waals surface area (Å²) in [6.45, 7) is 3.17. The van der Waals surface area contributed by atoms with Gasteiger partial charge in [-0.2, -0.15) is 0 Å². The van der Waals surface area contributed by atoms with Crippen molar-refractivity contribution in [2.75, 3.05) is 19.3 Å². The van der Waals surface area contributed by atoms with E-state index in [0.29, 0.717) is 32.5 Å². The van der Waals surface area contributed by atoms with Crippen molar-refractivity contribution in [3.8, 4) is 0 Å². The third-order valence-corrected chi connectivity index (χ3v) is 5.66. The first-order chi connectivity index (χ1) is 11.3. The highest BCUT2D eigenvalue weighted by molar-refractivity contribution is 7.88. The van der Waals surface area contributed by atoms with Crippen LogP contribution in [0.25, 0.3) is 0 Å². The lowest BCUT2D eigenvalue weighted by Gasteiger charge is -2.16. The molecule has 7 heteroatoms. The molecular weight excluding hydrogens is 326 g/mol. The Balaban J connectivity index is 1.97. The Kier molecular flexibility index (Phi) is 4.56. The molecule has 3 rings (SSSR count). The van der Waals surface area contributed by atoms with Crippen LogP contribution in [0.4, 0.5) is 0 Å². The number of hydrogen-bond acceptors (Lipinski definition) is 4. The van der Waals surface area contributed by atoms with Crippen LogP contribution in [0.15, 0.2) is 35.1 Å². The van der Waals surface area contributed by atoms with Crippen LogP contribution in [0.3, 0.4) is 0 Å². The minimum atomic E-state index is -3.22. The van der Waals surface area contributed by atoms with E-state index in [1.165, 1.54) is 10.6 Å². The first kappa shape index (κ1) is 16.9. The minimum absolute atomic E-state index is 0.0788. The molecule has 0 aliphatic carbocycles. The fraction of sp³-hybridized carbons (Fsp3) is 0.412. The summed E-state index contributed by atoms with van der Waals surface area (Å²) < 4.78 is 26.8. The van der Waals surface area contributed by atoms with Gasteiger partial charge in [0.2, 0.25) is 10.0 Å². The number of sulfonamides is 1. The number of rotatable bonds is 3. The lowest BCUT2D eigenvalue weighted by molar-refractivity contribution is 0.429. The second-order valence-electron chi connectivity index (χ2n) is 6.16. The van der Waals surface area contributed by atoms with Crippen molar-refractivity contribution in [1.29, 1.82) is 0 Å². The summed E-state index contributed by atoms with van der Waals surface area (Å²) in [4.78, 5) is 16.8. The van der Waals surface area contributed by atoms with Crippen molar-refractivity contribution in [1.82, 2.24) is 13.9 Å². The maximum absolute atomic E-state index is 12.4. The predicted molar refractivity (Wildman–Crippen MR) is 92.6 cm³/mol. The molecule has 6 nitrogen and oxygen atoms in total. The van der Waals surface area contributed by atoms with Gasteiger partial charge in [-0.05, 0) is 31.0 Å². The van der Waals surface area contributed by atoms with Crippen LogP contribution < -0.4 is 5.56 Å². The molecule has 0 N–H and O–H groups in total. The van der Waals surface area contributed by atoms with E-state index >= 15 is 0 Å². The summed E-state index contributed by atoms with van der Waals surface area (Å²) in [6, 6.07) is 9.13. The van der Waals surface area contributed by atoms with Gasteiger partial charge in [0.15, 0.2) is 0 Å². The molecule has 0 saturated heterocycles. The summed E-state index contributed by atoms with van der Waals surface area (Å²) in [5.74, 6) is 0. The molecule has 128 valence electrons. The van der Waals surface area contributed by atoms with Gasteiger partial charge in [-0.3, -0.25) is 9.78 Å². The molecule has 2 aromatic rings. The Morgan fingerprint density at radius 3 is 2.58 bits per heavy atom. The van der Waals surface area contributed by atoms with Gasteiger partial charge in [0, 0.05) is 37.0 Å². The lowest BCUT2D eigenvalue weighted by atomic mass is 10.1. The number of aromatic nitrogens is 2. The predicted octanol–water partition coefficient (Wildman–Crippen LogP) is 0.960. The third kappa shape index (κ3) is 3.57. The number of nitrogens with zero attached hydrogens (tertiary/aromatic N) is 3. The molecule has 2 aromatic heterocycles. The Labute approximate surface area is 141 Å². The molecule has 0 amide bonds. The monoisotopic (exact) mass is 347 g/mol. The standard InChI is InChI=1S/C17H21N3O3S/c1-13-4-3-5-15(18-13)12-20-16-9-11-19(24(2,22)23)10-8-14(16)6-7-17(20)21/h3-7H,8-12H2,1-2H3. The maximum Gasteiger partial charge on any atom is 0.251 e. The van der Waals surface area contributed by atoms with Gasteiger partial charge >= 0.3 is 0 Å². The molecular formula is C17H21N3O3S. The van der Waals surface area contributed by atoms with Crippen LogP contribution in [-0.4, -0.2) is 41.6 Å². The Morgan fingerprint density at radius 1 is 1.12 bits per heavy atom. The van der Waals surface area contributed by atoms with Crippen molar-refractivity contribution in [2.45, 2.75) is 26.3 Å². The SMILES string of the molecule is Cc1cccc(Cn2c3c(ccc2=O)CCN(S(C)(=O)=O)CC3)n1. The van der Waals surface area contributed by atoms with Crippen molar-refractivity contribution in [3.05, 3.63) is 63.3 Å². The van der Waals surface area contributed by atoms with Crippen molar-refractivity contribution in [2.24, 2.45) is 0 Å². The number of fused-ring (bicyclic) bond motifs is 1. The molecule has 0 bridgehead atoms. The highest BCUT2D eigenvalue weighted by Gasteiger charge is 2.22. The zero-order chi connectivity index (χ0) is 17.3. The van der Waals surface area contributed by atoms with Crippen LogP contribution >= 0.6 is 0 Å². The quantitative estimate of drug-likeness (QED) is 0.829. The Morgan fingerprint density at radius 2 is 1.88 bits per heavy atom. The topological polar surface area (TPSA) is 72.3 Å². The van der Waals surface area contributed by atoms with E-state index in [9.17, 15) is 13.2 Å². The molecule has 3 heterocycles. The highest BCUT2D eigenvalue weighted by atomic mass is 32.2. The van der Waals surface area contributed by atoms with Crippen LogP contribution in [0, 0.1) is 6.92 Å².